The summed E-state index contributed by atoms with van der Waals surface area (Å²) in [5, 5.41) is 32.6. The Balaban J connectivity index is 0.000000158. The molecule has 11 aromatic carbocycles. The highest BCUT2D eigenvalue weighted by molar-refractivity contribution is 7.92. The van der Waals surface area contributed by atoms with Crippen LogP contribution >= 0.6 is 11.6 Å². The van der Waals surface area contributed by atoms with Gasteiger partial charge in [-0.1, -0.05) is 207 Å². The van der Waals surface area contributed by atoms with Gasteiger partial charge in [0, 0.05) is 113 Å². The molecule has 31 heteroatoms. The fourth-order valence-corrected chi connectivity index (χ4v) is 23.0. The number of piperidine rings is 2. The standard InChI is InChI=1S/C25H28N2O4S.C24H25FN2O2S.C22H29N3O.C20H25ClN2O4S.C19H31NO4S/c28-16-17-31-24-10-6-20(7-11-24)18-27-15-14-23(19-27)26-32(29,30)25-12-8-22(9-13-25)21-4-2-1-3-5-21;1-18-7-12-22(25)15-24(18)30(28,29)26-23-13-14-27(17-23)16-19-8-10-21(11-9-19)20-5-3-2-4-6-20;1-17(2)14-18-8-10-19(11-9-18)15-25-13-12-21(16-25)24-22(26)23-20-6-4-3-5-7-20;21-17-5-9-20(10-6-17)28(25,26)22-18-2-1-11-23(15-18)14-16-3-7-19(8-4-16)27-13-12-24;1-16(2)25(22,23)14-9-17-7-10-20(11-8-17)15-18-3-5-19(6-4-18)24-13-12-21/h1-13,23,26,28H,14-19H2;2-12,15,23,26H,13-14,16-17H2,1H3;3-11,17,21H,12-16H2,1-2H3,(H2,23,24,26);3-10,18,22,24H,1-2,11-15H2;3-6,16-17,21H,7-15H2,1-2H3/t2*23-;21-;18-;/m1111./s1. The number of aliphatic hydroxyl groups excluding tert-OH is 3. The third kappa shape index (κ3) is 36.5. The Morgan fingerprint density at radius 3 is 1.19 bits per heavy atom. The molecule has 5 heterocycles. The van der Waals surface area contributed by atoms with Crippen molar-refractivity contribution in [3.05, 3.63) is 329 Å². The van der Waals surface area contributed by atoms with Crippen LogP contribution in [0.1, 0.15) is 118 Å². The average molecular weight is 2020 g/mol. The molecule has 5 saturated heterocycles. The summed E-state index contributed by atoms with van der Waals surface area (Å²) in [5.74, 6) is 3.23. The zero-order chi connectivity index (χ0) is 100. The molecule has 0 unspecified atom stereocenters. The molecule has 0 saturated carbocycles. The van der Waals surface area contributed by atoms with Gasteiger partial charge in [-0.25, -0.2) is 57.0 Å². The number of hydrogen-bond donors (Lipinski definition) is 8. The van der Waals surface area contributed by atoms with E-state index in [0.717, 1.165) is 188 Å². The number of hydrogen-bond acceptors (Lipinski definition) is 20. The maximum absolute atomic E-state index is 13.5. The van der Waals surface area contributed by atoms with E-state index in [9.17, 15) is 42.9 Å². The summed E-state index contributed by atoms with van der Waals surface area (Å²) in [6.07, 6.45) is 8.33. The number of urea groups is 1. The molecule has 0 spiro atoms. The van der Waals surface area contributed by atoms with Crippen LogP contribution in [0, 0.1) is 24.6 Å². The molecule has 25 nitrogen and oxygen atoms in total. The number of ether oxygens (including phenoxy) is 3. The molecule has 8 N–H and O–H groups in total. The SMILES string of the molecule is CC(C)Cc1ccc(CN2CC[C@@H](NC(=O)Nc3ccccc3)C2)cc1.CC(C)S(=O)(=O)CCC1CCN(Cc2ccc(OCCO)cc2)CC1.Cc1ccc(F)cc1S(=O)(=O)N[C@@H]1CCN(Cc2ccc(-c3ccccc3)cc2)C1.O=S(=O)(N[C@@H]1CCCN(Cc2ccc(OCCO)cc2)C1)c1ccc(Cl)cc1.O=S(=O)(N[C@@H]1CCN(Cc2ccc(OCCO)cc2)C1)c1ccc(-c2ccccc2)cc1. The first-order chi connectivity index (χ1) is 67.9. The number of nitrogens with zero attached hydrogens (tertiary/aromatic N) is 5. The van der Waals surface area contributed by atoms with Crippen molar-refractivity contribution < 1.29 is 72.4 Å². The van der Waals surface area contributed by atoms with Crippen molar-refractivity contribution in [2.45, 2.75) is 169 Å². The van der Waals surface area contributed by atoms with E-state index in [-0.39, 0.29) is 83.2 Å². The highest BCUT2D eigenvalue weighted by Crippen LogP contribution is 2.30. The van der Waals surface area contributed by atoms with E-state index in [1.165, 1.54) is 57.6 Å². The summed E-state index contributed by atoms with van der Waals surface area (Å²) in [6.45, 7) is 23.2. The molecule has 4 atom stereocenters. The van der Waals surface area contributed by atoms with Crippen LogP contribution in [-0.2, 0) is 79.1 Å². The Morgan fingerprint density at radius 1 is 0.404 bits per heavy atom. The molecule has 756 valence electrons. The van der Waals surface area contributed by atoms with Crippen LogP contribution < -0.4 is 39.0 Å². The van der Waals surface area contributed by atoms with Crippen molar-refractivity contribution in [2.75, 3.05) is 116 Å². The Bertz CT molecular complexity index is 6100. The number of carbonyl (C=O) groups excluding carboxylic acids is 1. The monoisotopic (exact) mass is 2020 g/mol. The number of sulfonamides is 3. The number of carbonyl (C=O) groups is 1. The van der Waals surface area contributed by atoms with Crippen molar-refractivity contribution in [3.8, 4) is 39.5 Å². The smallest absolute Gasteiger partial charge is 0.319 e. The molecule has 0 bridgehead atoms. The molecule has 16 rings (SSSR count). The second-order valence-corrected chi connectivity index (χ2v) is 45.6. The Hall–Kier alpha value is -10.3. The fraction of sp³-hybridized carbons (Fsp3) is 0.391. The van der Waals surface area contributed by atoms with Gasteiger partial charge < -0.3 is 40.2 Å². The van der Waals surface area contributed by atoms with Crippen molar-refractivity contribution >= 4 is 63.2 Å². The second kappa shape index (κ2) is 54.9. The summed E-state index contributed by atoms with van der Waals surface area (Å²) in [7, 11) is -13.8. The minimum absolute atomic E-state index is 0.00992. The van der Waals surface area contributed by atoms with Crippen molar-refractivity contribution in [1.82, 2.24) is 44.0 Å². The third-order valence-electron chi connectivity index (χ3n) is 25.3. The van der Waals surface area contributed by atoms with Gasteiger partial charge in [0.1, 0.15) is 42.9 Å². The van der Waals surface area contributed by atoms with Crippen molar-refractivity contribution in [2.24, 2.45) is 11.8 Å². The van der Waals surface area contributed by atoms with E-state index in [4.69, 9.17) is 41.1 Å². The van der Waals surface area contributed by atoms with Gasteiger partial charge in [0.05, 0.1) is 45.5 Å². The summed E-state index contributed by atoms with van der Waals surface area (Å²) in [4.78, 5) is 24.2. The van der Waals surface area contributed by atoms with Crippen LogP contribution in [0.15, 0.2) is 294 Å². The van der Waals surface area contributed by atoms with Crippen molar-refractivity contribution in [1.29, 1.82) is 0 Å². The number of nitrogens with one attached hydrogen (secondary N) is 5. The molecule has 5 aliphatic heterocycles. The molecule has 0 radical (unpaired) electrons. The van der Waals surface area contributed by atoms with Gasteiger partial charge in [0.2, 0.25) is 30.1 Å². The second-order valence-electron chi connectivity index (χ2n) is 37.4. The summed E-state index contributed by atoms with van der Waals surface area (Å²) < 4.78 is 138. The van der Waals surface area contributed by atoms with E-state index < -0.39 is 45.7 Å². The van der Waals surface area contributed by atoms with Gasteiger partial charge in [0.25, 0.3) is 0 Å². The lowest BCUT2D eigenvalue weighted by molar-refractivity contribution is 0.175. The lowest BCUT2D eigenvalue weighted by Crippen LogP contribution is -2.47. The van der Waals surface area contributed by atoms with Gasteiger partial charge >= 0.3 is 6.03 Å². The normalized spacial score (nSPS) is 17.4. The number of halogens is 2. The first-order valence-corrected chi connectivity index (χ1v) is 55.3. The first-order valence-electron chi connectivity index (χ1n) is 48.8. The van der Waals surface area contributed by atoms with Crippen LogP contribution in [-0.4, -0.2) is 220 Å². The van der Waals surface area contributed by atoms with Crippen LogP contribution in [0.4, 0.5) is 14.9 Å². The quantitative estimate of drug-likeness (QED) is 0.0178. The zero-order valence-electron chi connectivity index (χ0n) is 81.4. The first kappa shape index (κ1) is 109. The van der Waals surface area contributed by atoms with E-state index in [2.05, 4.69) is 136 Å². The topological polar surface area (TPSA) is 318 Å². The molecule has 141 heavy (non-hydrogen) atoms. The van der Waals surface area contributed by atoms with E-state index in [0.29, 0.717) is 54.4 Å². The lowest BCUT2D eigenvalue weighted by Gasteiger charge is -2.33. The molecule has 2 amide bonds. The molecule has 5 aliphatic rings. The average Bonchev–Trinajstić information content (AvgIpc) is 1.75. The van der Waals surface area contributed by atoms with Crippen LogP contribution in [0.3, 0.4) is 0 Å². The van der Waals surface area contributed by atoms with Gasteiger partial charge in [0.15, 0.2) is 9.84 Å². The summed E-state index contributed by atoms with van der Waals surface area (Å²) in [5.41, 5.74) is 13.2. The predicted molar refractivity (Wildman–Crippen MR) is 559 cm³/mol. The van der Waals surface area contributed by atoms with Gasteiger partial charge in [-0.15, -0.1) is 0 Å². The summed E-state index contributed by atoms with van der Waals surface area (Å²) in [6, 6.07) is 87.4. The largest absolute Gasteiger partial charge is 0.491 e. The predicted octanol–water partition coefficient (Wildman–Crippen LogP) is 17.0. The fourth-order valence-electron chi connectivity index (χ4n) is 17.7. The molecular formula is C110H138ClFN10O15S4. The van der Waals surface area contributed by atoms with E-state index in [1.807, 2.05) is 152 Å². The lowest BCUT2D eigenvalue weighted by atomic mass is 9.94. The minimum Gasteiger partial charge on any atom is -0.491 e. The molecule has 0 aromatic heterocycles. The van der Waals surface area contributed by atoms with Gasteiger partial charge in [-0.2, -0.15) is 0 Å². The maximum Gasteiger partial charge on any atom is 0.319 e. The number of sulfone groups is 1. The Labute approximate surface area is 839 Å². The number of likely N-dealkylation sites (tertiary alicyclic amines) is 5. The number of amides is 2. The van der Waals surface area contributed by atoms with Crippen LogP contribution in [0.25, 0.3) is 22.3 Å². The Kier molecular flexibility index (Phi) is 42.7. The number of aryl methyl sites for hydroxylation is 1. The maximum atomic E-state index is 13.5. The number of para-hydroxylation sites is 1. The molecule has 5 fully saturated rings. The van der Waals surface area contributed by atoms with Crippen LogP contribution in [0.2, 0.25) is 5.02 Å². The minimum atomic E-state index is -3.75. The van der Waals surface area contributed by atoms with E-state index >= 15 is 0 Å². The number of benzene rings is 11. The summed E-state index contributed by atoms with van der Waals surface area (Å²) >= 11 is 5.84. The highest BCUT2D eigenvalue weighted by Gasteiger charge is 2.33. The zero-order valence-corrected chi connectivity index (χ0v) is 85.4. The number of anilines is 1. The Morgan fingerprint density at radius 2 is 0.759 bits per heavy atom. The van der Waals surface area contributed by atoms with Gasteiger partial charge in [-0.3, -0.25) is 24.5 Å². The number of rotatable bonds is 38. The van der Waals surface area contributed by atoms with E-state index in [1.54, 1.807) is 45.0 Å². The van der Waals surface area contributed by atoms with Crippen LogP contribution in [0.5, 0.6) is 17.2 Å². The van der Waals surface area contributed by atoms with Crippen molar-refractivity contribution in [3.63, 3.8) is 0 Å². The number of aliphatic hydroxyl groups is 3. The third-order valence-corrected chi connectivity index (χ3v) is 32.6. The molecular weight excluding hydrogens is 1880 g/mol. The highest BCUT2D eigenvalue weighted by atomic mass is 35.5. The van der Waals surface area contributed by atoms with Gasteiger partial charge in [-0.05, 0) is 268 Å². The molecule has 11 aromatic rings. The molecule has 0 aliphatic carbocycles.